The van der Waals surface area contributed by atoms with Crippen molar-refractivity contribution in [3.63, 3.8) is 0 Å². The minimum absolute atomic E-state index is 0.186. The lowest BCUT2D eigenvalue weighted by Gasteiger charge is -2.21. The molecule has 0 aromatic heterocycles. The molecule has 2 atom stereocenters. The molecule has 0 aliphatic rings. The van der Waals surface area contributed by atoms with Gasteiger partial charge < -0.3 is 25.4 Å². The van der Waals surface area contributed by atoms with E-state index >= 15 is 0 Å². The first-order valence-corrected chi connectivity index (χ1v) is 11.0. The number of aliphatic hydroxyl groups excluding tert-OH is 1. The second-order valence-electron chi connectivity index (χ2n) is 7.86. The van der Waals surface area contributed by atoms with Gasteiger partial charge in [0, 0.05) is 51.1 Å². The summed E-state index contributed by atoms with van der Waals surface area (Å²) in [6.07, 6.45) is 1.80. The van der Waals surface area contributed by atoms with Crippen molar-refractivity contribution in [1.29, 1.82) is 0 Å². The Balaban J connectivity index is 2.41. The summed E-state index contributed by atoms with van der Waals surface area (Å²) in [7, 11) is 1.67. The molecule has 7 nitrogen and oxygen atoms in total. The second kappa shape index (κ2) is 14.7. The quantitative estimate of drug-likeness (QED) is 0.253. The van der Waals surface area contributed by atoms with E-state index in [1.807, 2.05) is 19.1 Å². The van der Waals surface area contributed by atoms with Gasteiger partial charge in [-0.25, -0.2) is 4.99 Å². The maximum Gasteiger partial charge on any atom is 0.248 e. The lowest BCUT2D eigenvalue weighted by atomic mass is 10.0. The van der Waals surface area contributed by atoms with Gasteiger partial charge in [-0.1, -0.05) is 24.3 Å². The Bertz CT molecular complexity index is 733. The molecule has 1 aromatic rings. The minimum Gasteiger partial charge on any atom is -0.390 e. The molecule has 174 valence electrons. The van der Waals surface area contributed by atoms with Crippen molar-refractivity contribution in [3.05, 3.63) is 47.2 Å². The van der Waals surface area contributed by atoms with Gasteiger partial charge in [0.25, 0.3) is 0 Å². The average molecular weight is 433 g/mol. The summed E-state index contributed by atoms with van der Waals surface area (Å²) >= 11 is 0. The van der Waals surface area contributed by atoms with E-state index in [4.69, 9.17) is 4.74 Å². The van der Waals surface area contributed by atoms with Crippen LogP contribution in [-0.2, 0) is 16.0 Å². The number of aryl methyl sites for hydroxylation is 1. The number of hydrogen-bond donors (Lipinski definition) is 3. The predicted octanol–water partition coefficient (Wildman–Crippen LogP) is 2.28. The Morgan fingerprint density at radius 1 is 1.29 bits per heavy atom. The molecule has 3 N–H and O–H groups in total. The number of amides is 1. The number of likely N-dealkylation sites (N-methyl/N-ethyl adjacent to an activating group) is 1. The lowest BCUT2D eigenvalue weighted by molar-refractivity contribution is -0.117. The zero-order valence-corrected chi connectivity index (χ0v) is 19.9. The summed E-state index contributed by atoms with van der Waals surface area (Å²) < 4.78 is 5.11. The van der Waals surface area contributed by atoms with E-state index in [1.54, 1.807) is 20.2 Å². The minimum atomic E-state index is -0.661. The van der Waals surface area contributed by atoms with Crippen LogP contribution in [0.3, 0.4) is 0 Å². The highest BCUT2D eigenvalue weighted by molar-refractivity contribution is 5.93. The number of amidine groups is 1. The lowest BCUT2D eigenvalue weighted by Crippen LogP contribution is -2.41. The van der Waals surface area contributed by atoms with Crippen LogP contribution in [0.25, 0.3) is 0 Å². The highest BCUT2D eigenvalue weighted by Gasteiger charge is 2.11. The maximum atomic E-state index is 12.3. The number of aliphatic hydroxyl groups is 1. The largest absolute Gasteiger partial charge is 0.390 e. The number of nitrogens with zero attached hydrogens (tertiary/aromatic N) is 2. The Morgan fingerprint density at radius 2 is 2.00 bits per heavy atom. The van der Waals surface area contributed by atoms with Crippen LogP contribution in [0.1, 0.15) is 38.8 Å². The molecule has 0 radical (unpaired) electrons. The molecule has 31 heavy (non-hydrogen) atoms. The highest BCUT2D eigenvalue weighted by Crippen LogP contribution is 2.09. The molecule has 0 spiro atoms. The predicted molar refractivity (Wildman–Crippen MR) is 127 cm³/mol. The summed E-state index contributed by atoms with van der Waals surface area (Å²) in [4.78, 5) is 18.7. The average Bonchev–Trinajstić information content (AvgIpc) is 2.76. The van der Waals surface area contributed by atoms with E-state index in [0.717, 1.165) is 25.3 Å². The molecule has 0 heterocycles. The van der Waals surface area contributed by atoms with Gasteiger partial charge in [-0.15, -0.1) is 0 Å². The smallest absolute Gasteiger partial charge is 0.248 e. The molecule has 1 amide bonds. The number of ether oxygens (including phenoxy) is 1. The first-order valence-electron chi connectivity index (χ1n) is 11.0. The normalized spacial score (nSPS) is 14.3. The van der Waals surface area contributed by atoms with Gasteiger partial charge in [0.1, 0.15) is 5.84 Å². The summed E-state index contributed by atoms with van der Waals surface area (Å²) in [5.74, 6) is 0.599. The number of nitrogens with one attached hydrogen (secondary N) is 2. The van der Waals surface area contributed by atoms with E-state index in [2.05, 4.69) is 53.4 Å². The van der Waals surface area contributed by atoms with Crippen LogP contribution in [0.15, 0.2) is 41.0 Å². The maximum absolute atomic E-state index is 12.3. The van der Waals surface area contributed by atoms with Crippen LogP contribution in [0, 0.1) is 6.92 Å². The third-order valence-corrected chi connectivity index (χ3v) is 5.20. The van der Waals surface area contributed by atoms with Gasteiger partial charge in [-0.05, 0) is 52.2 Å². The molecule has 0 aliphatic heterocycles. The number of carbonyl (C=O) groups excluding carboxylic acids is 1. The summed E-state index contributed by atoms with van der Waals surface area (Å²) in [6.45, 7) is 12.7. The summed E-state index contributed by atoms with van der Waals surface area (Å²) in [6, 6.07) is 8.53. The van der Waals surface area contributed by atoms with Crippen molar-refractivity contribution >= 4 is 11.7 Å². The van der Waals surface area contributed by atoms with Crippen LogP contribution >= 0.6 is 0 Å². The first kappa shape index (κ1) is 26.8. The Kier molecular flexibility index (Phi) is 12.7. The SMILES string of the molecule is CCN(CCOC)C(C)=N/C=C(\C)C(=O)NCC(O)CNC(C)Cc1ccccc1C. The third-order valence-electron chi connectivity index (χ3n) is 5.20. The van der Waals surface area contributed by atoms with Gasteiger partial charge in [0.05, 0.1) is 12.7 Å². The standard InChI is InChI=1S/C24H40N4O3/c1-7-28(12-13-31-6)21(5)26-15-19(3)24(30)27-17-23(29)16-25-20(4)14-22-11-9-8-10-18(22)2/h8-11,15,20,23,25,29H,7,12-14,16-17H2,1-6H3,(H,27,30)/b19-15+,26-21?. The highest BCUT2D eigenvalue weighted by atomic mass is 16.5. The molecule has 1 aromatic carbocycles. The van der Waals surface area contributed by atoms with Crippen LogP contribution in [-0.4, -0.2) is 73.8 Å². The van der Waals surface area contributed by atoms with Crippen molar-refractivity contribution in [2.75, 3.05) is 39.9 Å². The van der Waals surface area contributed by atoms with Crippen molar-refractivity contribution in [1.82, 2.24) is 15.5 Å². The van der Waals surface area contributed by atoms with E-state index in [0.29, 0.717) is 18.7 Å². The molecule has 7 heteroatoms. The molecular weight excluding hydrogens is 392 g/mol. The Hall–Kier alpha value is -2.22. The summed E-state index contributed by atoms with van der Waals surface area (Å²) in [5.41, 5.74) is 3.06. The number of benzene rings is 1. The van der Waals surface area contributed by atoms with Crippen molar-refractivity contribution < 1.29 is 14.6 Å². The number of rotatable bonds is 13. The van der Waals surface area contributed by atoms with Crippen LogP contribution in [0.2, 0.25) is 0 Å². The number of carbonyl (C=O) groups is 1. The van der Waals surface area contributed by atoms with Crippen LogP contribution in [0.5, 0.6) is 0 Å². The van der Waals surface area contributed by atoms with Crippen molar-refractivity contribution in [2.45, 2.75) is 53.2 Å². The fraction of sp³-hybridized carbons (Fsp3) is 0.583. The molecule has 1 rings (SSSR count). The number of methoxy groups -OCH3 is 1. The Morgan fingerprint density at radius 3 is 2.65 bits per heavy atom. The van der Waals surface area contributed by atoms with Crippen molar-refractivity contribution in [2.24, 2.45) is 4.99 Å². The molecule has 0 bridgehead atoms. The van der Waals surface area contributed by atoms with Gasteiger partial charge in [0.2, 0.25) is 5.91 Å². The fourth-order valence-electron chi connectivity index (χ4n) is 3.08. The molecule has 0 saturated heterocycles. The topological polar surface area (TPSA) is 86.2 Å². The monoisotopic (exact) mass is 432 g/mol. The third kappa shape index (κ3) is 10.6. The number of aliphatic imine (C=N–C) groups is 1. The molecule has 0 saturated carbocycles. The van der Waals surface area contributed by atoms with Crippen LogP contribution in [0.4, 0.5) is 0 Å². The number of hydrogen-bond acceptors (Lipinski definition) is 5. The summed E-state index contributed by atoms with van der Waals surface area (Å²) in [5, 5.41) is 16.3. The molecule has 0 fully saturated rings. The zero-order valence-electron chi connectivity index (χ0n) is 19.9. The van der Waals surface area contributed by atoms with E-state index < -0.39 is 6.10 Å². The van der Waals surface area contributed by atoms with Gasteiger partial charge in [0.15, 0.2) is 0 Å². The van der Waals surface area contributed by atoms with Crippen molar-refractivity contribution in [3.8, 4) is 0 Å². The van der Waals surface area contributed by atoms with Gasteiger partial charge >= 0.3 is 0 Å². The van der Waals surface area contributed by atoms with Crippen LogP contribution < -0.4 is 10.6 Å². The Labute approximate surface area is 187 Å². The van der Waals surface area contributed by atoms with Gasteiger partial charge in [-0.2, -0.15) is 0 Å². The molecular formula is C24H40N4O3. The fourth-order valence-corrected chi connectivity index (χ4v) is 3.08. The second-order valence-corrected chi connectivity index (χ2v) is 7.86. The van der Waals surface area contributed by atoms with E-state index in [1.165, 1.54) is 11.1 Å². The van der Waals surface area contributed by atoms with E-state index in [9.17, 15) is 9.90 Å². The van der Waals surface area contributed by atoms with E-state index in [-0.39, 0.29) is 18.5 Å². The molecule has 2 unspecified atom stereocenters. The zero-order chi connectivity index (χ0) is 23.2. The molecule has 0 aliphatic carbocycles. The van der Waals surface area contributed by atoms with Gasteiger partial charge in [-0.3, -0.25) is 4.79 Å². The first-order chi connectivity index (χ1) is 14.8.